The monoisotopic (exact) mass is 1520 g/mol. The highest BCUT2D eigenvalue weighted by atomic mass is 16.6. The van der Waals surface area contributed by atoms with Crippen molar-refractivity contribution >= 4 is 35.8 Å². The minimum Gasteiger partial charge on any atom is -0.494 e. The van der Waals surface area contributed by atoms with E-state index < -0.39 is 0 Å². The van der Waals surface area contributed by atoms with E-state index in [-0.39, 0.29) is 48.0 Å². The van der Waals surface area contributed by atoms with E-state index in [1.165, 1.54) is 178 Å². The molecule has 4 aromatic rings. The highest BCUT2D eigenvalue weighted by Crippen LogP contribution is 2.44. The van der Waals surface area contributed by atoms with E-state index in [2.05, 4.69) is 52.6 Å². The van der Waals surface area contributed by atoms with Gasteiger partial charge in [0.05, 0.1) is 56.3 Å². The maximum atomic E-state index is 12.7. The van der Waals surface area contributed by atoms with Gasteiger partial charge in [-0.15, -0.1) is 0 Å². The molecule has 4 aromatic carbocycles. The summed E-state index contributed by atoms with van der Waals surface area (Å²) in [5, 5.41) is 0. The Morgan fingerprint density at radius 1 is 0.309 bits per heavy atom. The molecule has 15 nitrogen and oxygen atoms in total. The first kappa shape index (κ1) is 89.5. The molecule has 0 aromatic heterocycles. The van der Waals surface area contributed by atoms with Gasteiger partial charge < -0.3 is 42.6 Å². The van der Waals surface area contributed by atoms with E-state index in [4.69, 9.17) is 42.6 Å². The molecule has 0 spiro atoms. The van der Waals surface area contributed by atoms with Gasteiger partial charge in [0.1, 0.15) is 35.2 Å². The topological polar surface area (TPSA) is 185 Å². The minimum atomic E-state index is -0.376. The number of esters is 6. The number of rotatable bonds is 44. The maximum absolute atomic E-state index is 12.7. The fourth-order valence-corrected chi connectivity index (χ4v) is 16.9. The Kier molecular flexibility index (Phi) is 43.4. The largest absolute Gasteiger partial charge is 0.494 e. The zero-order chi connectivity index (χ0) is 78.2. The molecule has 15 heteroatoms. The van der Waals surface area contributed by atoms with Crippen LogP contribution in [0, 0.1) is 41.4 Å². The van der Waals surface area contributed by atoms with E-state index in [1.807, 2.05) is 36.4 Å². The smallest absolute Gasteiger partial charge is 0.343 e. The van der Waals surface area contributed by atoms with Crippen molar-refractivity contribution in [3.8, 4) is 23.0 Å². The quantitative estimate of drug-likeness (QED) is 0.0134. The van der Waals surface area contributed by atoms with E-state index in [1.54, 1.807) is 48.5 Å². The van der Waals surface area contributed by atoms with Gasteiger partial charge in [-0.05, 0) is 318 Å². The first-order valence-electron chi connectivity index (χ1n) is 43.1. The first-order chi connectivity index (χ1) is 53.8. The fraction of sp³-hybridized carbons (Fsp3) is 0.621. The lowest BCUT2D eigenvalue weighted by Crippen LogP contribution is -2.29. The summed E-state index contributed by atoms with van der Waals surface area (Å²) in [7, 11) is 0. The highest BCUT2D eigenvalue weighted by Gasteiger charge is 2.34. The molecule has 606 valence electrons. The van der Waals surface area contributed by atoms with Gasteiger partial charge in [-0.1, -0.05) is 130 Å². The molecule has 0 heterocycles. The van der Waals surface area contributed by atoms with Gasteiger partial charge in [-0.3, -0.25) is 0 Å². The van der Waals surface area contributed by atoms with Gasteiger partial charge in [0.2, 0.25) is 0 Å². The van der Waals surface area contributed by atoms with Crippen molar-refractivity contribution in [2.45, 2.75) is 296 Å². The minimum absolute atomic E-state index is 0.0559. The second-order valence-corrected chi connectivity index (χ2v) is 31.7. The lowest BCUT2D eigenvalue weighted by atomic mass is 9.70. The molecular weight excluding hydrogens is 1380 g/mol. The molecule has 5 saturated carbocycles. The van der Waals surface area contributed by atoms with Crippen molar-refractivity contribution in [2.24, 2.45) is 41.4 Å². The Morgan fingerprint density at radius 2 is 0.609 bits per heavy atom. The molecule has 0 bridgehead atoms. The van der Waals surface area contributed by atoms with Gasteiger partial charge in [0.15, 0.2) is 0 Å². The average molecular weight is 1520 g/mol. The molecule has 0 N–H and O–H groups in total. The Balaban J connectivity index is 0.000000229. The van der Waals surface area contributed by atoms with E-state index in [0.717, 1.165) is 161 Å². The van der Waals surface area contributed by atoms with E-state index >= 15 is 0 Å². The predicted octanol–water partition coefficient (Wildman–Crippen LogP) is 23.8. The molecule has 0 aliphatic heterocycles. The number of hydrogen-bond donors (Lipinski definition) is 0. The molecule has 5 fully saturated rings. The molecule has 0 radical (unpaired) electrons. The Labute approximate surface area is 660 Å². The van der Waals surface area contributed by atoms with E-state index in [0.29, 0.717) is 68.0 Å². The summed E-state index contributed by atoms with van der Waals surface area (Å²) in [6.45, 7) is 20.1. The third-order valence-electron chi connectivity index (χ3n) is 23.5. The summed E-state index contributed by atoms with van der Waals surface area (Å²) < 4.78 is 49.5. The summed E-state index contributed by atoms with van der Waals surface area (Å²) in [5.41, 5.74) is 3.03. The number of carbonyl (C=O) groups is 6. The lowest BCUT2D eigenvalue weighted by molar-refractivity contribution is -0.138. The molecule has 0 saturated heterocycles. The molecule has 0 amide bonds. The van der Waals surface area contributed by atoms with Crippen molar-refractivity contribution in [2.75, 3.05) is 39.6 Å². The summed E-state index contributed by atoms with van der Waals surface area (Å²) in [5.74, 6) is 7.81. The van der Waals surface area contributed by atoms with Crippen molar-refractivity contribution in [3.63, 3.8) is 0 Å². The van der Waals surface area contributed by atoms with Crippen LogP contribution in [0.4, 0.5) is 0 Å². The van der Waals surface area contributed by atoms with Crippen molar-refractivity contribution < 1.29 is 71.4 Å². The lowest BCUT2D eigenvalue weighted by Gasteiger charge is -2.37. The van der Waals surface area contributed by atoms with Gasteiger partial charge in [-0.25, -0.2) is 28.8 Å². The summed E-state index contributed by atoms with van der Waals surface area (Å²) in [4.78, 5) is 70.8. The standard InChI is InChI=1S/C33H50O5.C31H46O5.C31H40O5/c1-3-5-8-11-26-12-14-27(15-13-26)28-16-22-31(23-17-28)38-33(35)29-18-20-30(21-19-29)36-24-9-6-7-10-25-37-32(34)4-2;2*1-3-9-24-10-12-25(13-11-24)26-14-20-29(21-15-26)36-31(33)27-16-18-28(19-17-27)34-22-7-5-6-8-23-35-30(32)4-2/h4,18-21,26-28,31H,2-3,5-17,22-25H2,1H3;4,16-19,24-26,29H,2-3,5-15,20-23H2,1H3;4,14-21,24-25H,2-3,5-13,22-23H2,1H3. The Bertz CT molecular complexity index is 3230. The number of carbonyl (C=O) groups excluding carboxylic acids is 6. The highest BCUT2D eigenvalue weighted by molar-refractivity contribution is 5.91. The van der Waals surface area contributed by atoms with Crippen LogP contribution in [0.1, 0.15) is 320 Å². The molecule has 9 rings (SSSR count). The number of hydrogen-bond acceptors (Lipinski definition) is 15. The zero-order valence-electron chi connectivity index (χ0n) is 67.5. The summed E-state index contributed by atoms with van der Waals surface area (Å²) in [6, 6.07) is 29.7. The number of benzene rings is 4. The van der Waals surface area contributed by atoms with Crippen LogP contribution in [-0.4, -0.2) is 87.7 Å². The summed E-state index contributed by atoms with van der Waals surface area (Å²) >= 11 is 0. The molecule has 0 unspecified atom stereocenters. The van der Waals surface area contributed by atoms with Crippen LogP contribution in [0.5, 0.6) is 23.0 Å². The normalized spacial score (nSPS) is 21.6. The van der Waals surface area contributed by atoms with Crippen molar-refractivity contribution in [1.29, 1.82) is 0 Å². The van der Waals surface area contributed by atoms with Crippen LogP contribution in [0.15, 0.2) is 135 Å². The Hall–Kier alpha value is -7.68. The molecule has 0 atom stereocenters. The average Bonchev–Trinajstić information content (AvgIpc) is 0.861. The number of unbranched alkanes of at least 4 members (excludes halogenated alkanes) is 11. The fourth-order valence-electron chi connectivity index (χ4n) is 16.9. The third-order valence-corrected chi connectivity index (χ3v) is 23.5. The number of ether oxygens (including phenoxy) is 9. The van der Waals surface area contributed by atoms with E-state index in [9.17, 15) is 28.8 Å². The summed E-state index contributed by atoms with van der Waals surface area (Å²) in [6.07, 6.45) is 51.2. The van der Waals surface area contributed by atoms with Crippen LogP contribution in [0.3, 0.4) is 0 Å². The van der Waals surface area contributed by atoms with Gasteiger partial charge in [0, 0.05) is 18.2 Å². The van der Waals surface area contributed by atoms with Crippen LogP contribution in [0.2, 0.25) is 0 Å². The van der Waals surface area contributed by atoms with Gasteiger partial charge >= 0.3 is 35.8 Å². The Morgan fingerprint density at radius 3 is 0.936 bits per heavy atom. The van der Waals surface area contributed by atoms with Crippen LogP contribution < -0.4 is 18.9 Å². The SMILES string of the molecule is C=CC(=O)OCCCCCCOc1ccc(C(=O)OC2CCC(C3CCC(CCC)CC3)CC2)cc1.C=CC(=O)OCCCCCCOc1ccc(C(=O)OC2CCC(C3CCC(CCCCC)CC3)CC2)cc1.C=CC(=O)OCCCCCCOc1ccc(C(=O)Oc2ccc(C3CCC(CCC)CC3)cc2)cc1. The molecule has 5 aliphatic rings. The molecule has 110 heavy (non-hydrogen) atoms. The maximum Gasteiger partial charge on any atom is 0.343 e. The second-order valence-electron chi connectivity index (χ2n) is 31.7. The second kappa shape index (κ2) is 53.3. The van der Waals surface area contributed by atoms with Crippen LogP contribution in [-0.2, 0) is 38.1 Å². The van der Waals surface area contributed by atoms with Crippen LogP contribution >= 0.6 is 0 Å². The van der Waals surface area contributed by atoms with Crippen molar-refractivity contribution in [3.05, 3.63) is 157 Å². The van der Waals surface area contributed by atoms with Crippen molar-refractivity contribution in [1.82, 2.24) is 0 Å². The van der Waals surface area contributed by atoms with Gasteiger partial charge in [-0.2, -0.15) is 0 Å². The van der Waals surface area contributed by atoms with Crippen LogP contribution in [0.25, 0.3) is 0 Å². The molecule has 5 aliphatic carbocycles. The third kappa shape index (κ3) is 34.9. The zero-order valence-corrected chi connectivity index (χ0v) is 67.5. The predicted molar refractivity (Wildman–Crippen MR) is 438 cm³/mol. The molecular formula is C95H136O15. The first-order valence-corrected chi connectivity index (χ1v) is 43.1. The van der Waals surface area contributed by atoms with Gasteiger partial charge in [0.25, 0.3) is 0 Å².